The number of aryl methyl sites for hydroxylation is 1. The van der Waals surface area contributed by atoms with Gasteiger partial charge in [-0.05, 0) is 37.7 Å². The zero-order valence-corrected chi connectivity index (χ0v) is 12.3. The summed E-state index contributed by atoms with van der Waals surface area (Å²) >= 11 is 0. The maximum Gasteiger partial charge on any atom is 0.125 e. The van der Waals surface area contributed by atoms with Crippen LogP contribution in [-0.4, -0.2) is 16.3 Å². The van der Waals surface area contributed by atoms with E-state index in [1.807, 2.05) is 66.5 Å². The Balaban J connectivity index is 1.92. The second-order valence-electron chi connectivity index (χ2n) is 4.99. The third-order valence-electron chi connectivity index (χ3n) is 3.41. The summed E-state index contributed by atoms with van der Waals surface area (Å²) in [5.74, 6) is 1.84. The molecular weight excluding hydrogens is 262 g/mol. The highest BCUT2D eigenvalue weighted by atomic mass is 16.3. The van der Waals surface area contributed by atoms with Crippen molar-refractivity contribution in [3.63, 3.8) is 0 Å². The van der Waals surface area contributed by atoms with Gasteiger partial charge in [-0.3, -0.25) is 0 Å². The van der Waals surface area contributed by atoms with Gasteiger partial charge in [0.25, 0.3) is 0 Å². The first kappa shape index (κ1) is 13.6. The number of aromatic nitrogens is 2. The highest BCUT2D eigenvalue weighted by molar-refractivity contribution is 5.32. The molecule has 0 aliphatic heterocycles. The van der Waals surface area contributed by atoms with E-state index >= 15 is 0 Å². The Labute approximate surface area is 124 Å². The Hall–Kier alpha value is -2.33. The van der Waals surface area contributed by atoms with Gasteiger partial charge in [-0.1, -0.05) is 25.1 Å². The van der Waals surface area contributed by atoms with Crippen molar-refractivity contribution in [2.24, 2.45) is 0 Å². The summed E-state index contributed by atoms with van der Waals surface area (Å²) < 4.78 is 7.65. The summed E-state index contributed by atoms with van der Waals surface area (Å²) in [6.45, 7) is 4.91. The van der Waals surface area contributed by atoms with Gasteiger partial charge in [-0.15, -0.1) is 0 Å². The summed E-state index contributed by atoms with van der Waals surface area (Å²) in [6, 6.07) is 14.1. The molecular formula is C17H19N3O. The third-order valence-corrected chi connectivity index (χ3v) is 3.41. The Morgan fingerprint density at radius 1 is 1.19 bits per heavy atom. The zero-order valence-electron chi connectivity index (χ0n) is 12.3. The molecule has 1 N–H and O–H groups in total. The first-order valence-electron chi connectivity index (χ1n) is 7.17. The van der Waals surface area contributed by atoms with E-state index < -0.39 is 0 Å². The molecule has 0 radical (unpaired) electrons. The number of nitrogens with one attached hydrogen (secondary N) is 1. The molecule has 3 rings (SSSR count). The molecule has 0 aliphatic carbocycles. The normalized spacial score (nSPS) is 12.5. The van der Waals surface area contributed by atoms with Crippen LogP contribution in [0.1, 0.15) is 30.0 Å². The van der Waals surface area contributed by atoms with E-state index in [0.29, 0.717) is 0 Å². The summed E-state index contributed by atoms with van der Waals surface area (Å²) in [5.41, 5.74) is 2.14. The van der Waals surface area contributed by atoms with Crippen LogP contribution in [0.5, 0.6) is 0 Å². The van der Waals surface area contributed by atoms with E-state index in [-0.39, 0.29) is 6.04 Å². The second-order valence-corrected chi connectivity index (χ2v) is 4.99. The molecule has 108 valence electrons. The molecule has 4 nitrogen and oxygen atoms in total. The fraction of sp³-hybridized carbons (Fsp3) is 0.235. The predicted octanol–water partition coefficient (Wildman–Crippen LogP) is 3.47. The van der Waals surface area contributed by atoms with Gasteiger partial charge in [0, 0.05) is 11.8 Å². The Kier molecular flexibility index (Phi) is 3.88. The predicted molar refractivity (Wildman–Crippen MR) is 82.5 cm³/mol. The number of rotatable bonds is 5. The van der Waals surface area contributed by atoms with Gasteiger partial charge >= 0.3 is 0 Å². The van der Waals surface area contributed by atoms with Crippen LogP contribution in [-0.2, 0) is 0 Å². The van der Waals surface area contributed by atoms with Gasteiger partial charge < -0.3 is 9.73 Å². The first-order valence-corrected chi connectivity index (χ1v) is 7.17. The molecule has 1 aromatic carbocycles. The lowest BCUT2D eigenvalue weighted by Gasteiger charge is -2.13. The molecule has 0 fully saturated rings. The summed E-state index contributed by atoms with van der Waals surface area (Å²) in [4.78, 5) is 0. The summed E-state index contributed by atoms with van der Waals surface area (Å²) in [7, 11) is 0. The summed E-state index contributed by atoms with van der Waals surface area (Å²) in [6.07, 6.45) is 3.93. The van der Waals surface area contributed by atoms with Crippen molar-refractivity contribution in [3.8, 4) is 5.69 Å². The number of benzene rings is 1. The van der Waals surface area contributed by atoms with Gasteiger partial charge in [0.1, 0.15) is 11.5 Å². The highest BCUT2D eigenvalue weighted by Crippen LogP contribution is 2.24. The Morgan fingerprint density at radius 2 is 2.00 bits per heavy atom. The molecule has 0 saturated heterocycles. The van der Waals surface area contributed by atoms with E-state index in [4.69, 9.17) is 4.42 Å². The maximum atomic E-state index is 5.77. The van der Waals surface area contributed by atoms with Crippen LogP contribution in [0.25, 0.3) is 5.69 Å². The molecule has 3 aromatic rings. The molecule has 0 amide bonds. The fourth-order valence-electron chi connectivity index (χ4n) is 2.40. The van der Waals surface area contributed by atoms with Crippen LogP contribution >= 0.6 is 0 Å². The van der Waals surface area contributed by atoms with E-state index in [2.05, 4.69) is 17.3 Å². The van der Waals surface area contributed by atoms with E-state index in [1.54, 1.807) is 0 Å². The van der Waals surface area contributed by atoms with Crippen molar-refractivity contribution in [1.29, 1.82) is 0 Å². The van der Waals surface area contributed by atoms with Crippen LogP contribution in [0.2, 0.25) is 0 Å². The number of furan rings is 1. The average molecular weight is 281 g/mol. The standard InChI is InChI=1S/C17H19N3O/c1-3-18-17(16-10-9-13(2)21-16)14-11-19-20(12-14)15-7-5-4-6-8-15/h4-12,17-18H,3H2,1-2H3. The molecule has 0 spiro atoms. The highest BCUT2D eigenvalue weighted by Gasteiger charge is 2.18. The number of nitrogens with zero attached hydrogens (tertiary/aromatic N) is 2. The van der Waals surface area contributed by atoms with Gasteiger partial charge in [0.2, 0.25) is 0 Å². The number of para-hydroxylation sites is 1. The van der Waals surface area contributed by atoms with Crippen molar-refractivity contribution in [2.45, 2.75) is 19.9 Å². The quantitative estimate of drug-likeness (QED) is 0.778. The molecule has 0 saturated carbocycles. The second kappa shape index (κ2) is 5.97. The topological polar surface area (TPSA) is 43.0 Å². The van der Waals surface area contributed by atoms with Crippen LogP contribution in [0.4, 0.5) is 0 Å². The SMILES string of the molecule is CCNC(c1cnn(-c2ccccc2)c1)c1ccc(C)o1. The molecule has 0 aliphatic rings. The number of hydrogen-bond donors (Lipinski definition) is 1. The average Bonchev–Trinajstić information content (AvgIpc) is 3.15. The van der Waals surface area contributed by atoms with Crippen LogP contribution in [0.15, 0.2) is 59.3 Å². The lowest BCUT2D eigenvalue weighted by Crippen LogP contribution is -2.21. The third kappa shape index (κ3) is 2.90. The van der Waals surface area contributed by atoms with Crippen molar-refractivity contribution < 1.29 is 4.42 Å². The van der Waals surface area contributed by atoms with E-state index in [0.717, 1.165) is 29.3 Å². The molecule has 1 unspecified atom stereocenters. The van der Waals surface area contributed by atoms with Crippen molar-refractivity contribution >= 4 is 0 Å². The fourth-order valence-corrected chi connectivity index (χ4v) is 2.40. The smallest absolute Gasteiger partial charge is 0.125 e. The largest absolute Gasteiger partial charge is 0.464 e. The van der Waals surface area contributed by atoms with Crippen LogP contribution < -0.4 is 5.32 Å². The molecule has 2 aromatic heterocycles. The van der Waals surface area contributed by atoms with Gasteiger partial charge in [0.15, 0.2) is 0 Å². The maximum absolute atomic E-state index is 5.77. The number of hydrogen-bond acceptors (Lipinski definition) is 3. The van der Waals surface area contributed by atoms with Gasteiger partial charge in [-0.25, -0.2) is 4.68 Å². The lowest BCUT2D eigenvalue weighted by atomic mass is 10.1. The monoisotopic (exact) mass is 281 g/mol. The molecule has 4 heteroatoms. The molecule has 21 heavy (non-hydrogen) atoms. The van der Waals surface area contributed by atoms with E-state index in [9.17, 15) is 0 Å². The minimum atomic E-state index is 0.0289. The minimum absolute atomic E-state index is 0.0289. The molecule has 0 bridgehead atoms. The zero-order chi connectivity index (χ0) is 14.7. The van der Waals surface area contributed by atoms with Crippen molar-refractivity contribution in [2.75, 3.05) is 6.54 Å². The molecule has 2 heterocycles. The van der Waals surface area contributed by atoms with Crippen LogP contribution in [0, 0.1) is 6.92 Å². The van der Waals surface area contributed by atoms with Crippen molar-refractivity contribution in [3.05, 3.63) is 71.9 Å². The minimum Gasteiger partial charge on any atom is -0.464 e. The summed E-state index contributed by atoms with van der Waals surface area (Å²) in [5, 5.41) is 7.90. The first-order chi connectivity index (χ1) is 10.3. The van der Waals surface area contributed by atoms with E-state index in [1.165, 1.54) is 0 Å². The van der Waals surface area contributed by atoms with Gasteiger partial charge in [0.05, 0.1) is 17.9 Å². The van der Waals surface area contributed by atoms with Crippen LogP contribution in [0.3, 0.4) is 0 Å². The van der Waals surface area contributed by atoms with Gasteiger partial charge in [-0.2, -0.15) is 5.10 Å². The Bertz CT molecular complexity index is 700. The lowest BCUT2D eigenvalue weighted by molar-refractivity contribution is 0.435. The molecule has 1 atom stereocenters. The van der Waals surface area contributed by atoms with Crippen molar-refractivity contribution in [1.82, 2.24) is 15.1 Å². The Morgan fingerprint density at radius 3 is 2.67 bits per heavy atom.